The van der Waals surface area contributed by atoms with Crippen molar-refractivity contribution in [1.29, 1.82) is 0 Å². The van der Waals surface area contributed by atoms with Gasteiger partial charge < -0.3 is 14.8 Å². The van der Waals surface area contributed by atoms with Gasteiger partial charge in [0.1, 0.15) is 5.82 Å². The third-order valence-electron chi connectivity index (χ3n) is 2.93. The van der Waals surface area contributed by atoms with Crippen LogP contribution in [-0.4, -0.2) is 17.7 Å². The molecule has 0 saturated carbocycles. The molecule has 102 valence electrons. The van der Waals surface area contributed by atoms with E-state index in [1.165, 1.54) is 0 Å². The molecule has 6 heteroatoms. The Hall–Kier alpha value is -2.08. The predicted octanol–water partition coefficient (Wildman–Crippen LogP) is 3.13. The number of fused-ring (bicyclic) bond motifs is 1. The van der Waals surface area contributed by atoms with Crippen LogP contribution in [0.5, 0.6) is 11.5 Å². The summed E-state index contributed by atoms with van der Waals surface area (Å²) in [5.74, 6) is 1.52. The molecule has 1 aromatic heterocycles. The Labute approximate surface area is 124 Å². The highest BCUT2D eigenvalue weighted by atomic mass is 79.9. The zero-order valence-electron chi connectivity index (χ0n) is 10.6. The lowest BCUT2D eigenvalue weighted by Gasteiger charge is -2.08. The predicted molar refractivity (Wildman–Crippen MR) is 77.2 cm³/mol. The number of carbonyl (C=O) groups is 1. The van der Waals surface area contributed by atoms with Crippen molar-refractivity contribution in [2.45, 2.75) is 6.92 Å². The number of hydrogen-bond acceptors (Lipinski definition) is 4. The number of carbonyl (C=O) groups excluding carboxylic acids is 1. The molecule has 0 saturated heterocycles. The topological polar surface area (TPSA) is 60.5 Å². The summed E-state index contributed by atoms with van der Waals surface area (Å²) in [5, 5.41) is 2.75. The van der Waals surface area contributed by atoms with E-state index in [9.17, 15) is 4.79 Å². The van der Waals surface area contributed by atoms with Gasteiger partial charge in [-0.2, -0.15) is 0 Å². The standard InChI is InChI=1S/C14H11BrN2O3/c1-8-4-11-12(20-7-19-11)5-10(8)14(18)17-13-3-2-9(15)6-16-13/h2-6H,7H2,1H3,(H,16,17,18). The number of anilines is 1. The maximum absolute atomic E-state index is 12.3. The van der Waals surface area contributed by atoms with E-state index in [4.69, 9.17) is 9.47 Å². The number of nitrogens with one attached hydrogen (secondary N) is 1. The monoisotopic (exact) mass is 334 g/mol. The van der Waals surface area contributed by atoms with Crippen molar-refractivity contribution in [2.75, 3.05) is 12.1 Å². The van der Waals surface area contributed by atoms with Crippen molar-refractivity contribution < 1.29 is 14.3 Å². The van der Waals surface area contributed by atoms with Crippen LogP contribution in [0, 0.1) is 6.92 Å². The van der Waals surface area contributed by atoms with E-state index in [1.54, 1.807) is 24.4 Å². The van der Waals surface area contributed by atoms with Crippen LogP contribution in [0.1, 0.15) is 15.9 Å². The molecular weight excluding hydrogens is 324 g/mol. The van der Waals surface area contributed by atoms with Crippen molar-refractivity contribution in [3.8, 4) is 11.5 Å². The average Bonchev–Trinajstić information content (AvgIpc) is 2.87. The molecule has 1 aliphatic rings. The number of nitrogens with zero attached hydrogens (tertiary/aromatic N) is 1. The SMILES string of the molecule is Cc1cc2c(cc1C(=O)Nc1ccc(Br)cn1)OCO2. The minimum absolute atomic E-state index is 0.189. The summed E-state index contributed by atoms with van der Waals surface area (Å²) in [5.41, 5.74) is 1.36. The molecule has 0 aliphatic carbocycles. The van der Waals surface area contributed by atoms with E-state index in [1.807, 2.05) is 13.0 Å². The van der Waals surface area contributed by atoms with Gasteiger partial charge in [0.05, 0.1) is 0 Å². The molecule has 2 heterocycles. The highest BCUT2D eigenvalue weighted by Gasteiger charge is 2.19. The fourth-order valence-electron chi connectivity index (χ4n) is 1.92. The molecule has 20 heavy (non-hydrogen) atoms. The Kier molecular flexibility index (Phi) is 3.31. The number of rotatable bonds is 2. The van der Waals surface area contributed by atoms with E-state index in [2.05, 4.69) is 26.2 Å². The van der Waals surface area contributed by atoms with E-state index in [0.29, 0.717) is 22.9 Å². The molecule has 0 fully saturated rings. The van der Waals surface area contributed by atoms with Crippen LogP contribution in [0.25, 0.3) is 0 Å². The molecule has 1 aliphatic heterocycles. The first-order valence-electron chi connectivity index (χ1n) is 5.96. The summed E-state index contributed by atoms with van der Waals surface area (Å²) < 4.78 is 11.4. The third kappa shape index (κ3) is 2.46. The van der Waals surface area contributed by atoms with Crippen LogP contribution in [0.15, 0.2) is 34.9 Å². The number of halogens is 1. The minimum atomic E-state index is -0.226. The molecule has 0 spiro atoms. The molecule has 0 bridgehead atoms. The summed E-state index contributed by atoms with van der Waals surface area (Å²) in [6.07, 6.45) is 1.63. The first-order chi connectivity index (χ1) is 9.63. The van der Waals surface area contributed by atoms with Crippen LogP contribution in [0.2, 0.25) is 0 Å². The number of ether oxygens (including phenoxy) is 2. The summed E-state index contributed by atoms with van der Waals surface area (Å²) >= 11 is 3.30. The lowest BCUT2D eigenvalue weighted by atomic mass is 10.1. The number of amides is 1. The van der Waals surface area contributed by atoms with Crippen molar-refractivity contribution in [1.82, 2.24) is 4.98 Å². The third-order valence-corrected chi connectivity index (χ3v) is 3.40. The second-order valence-corrected chi connectivity index (χ2v) is 5.25. The first kappa shape index (κ1) is 12.9. The van der Waals surface area contributed by atoms with Gasteiger partial charge in [-0.1, -0.05) is 0 Å². The van der Waals surface area contributed by atoms with Crippen LogP contribution < -0.4 is 14.8 Å². The summed E-state index contributed by atoms with van der Waals surface area (Å²) in [7, 11) is 0. The highest BCUT2D eigenvalue weighted by Crippen LogP contribution is 2.34. The highest BCUT2D eigenvalue weighted by molar-refractivity contribution is 9.10. The fourth-order valence-corrected chi connectivity index (χ4v) is 2.16. The van der Waals surface area contributed by atoms with Crippen molar-refractivity contribution in [3.05, 3.63) is 46.1 Å². The molecule has 0 atom stereocenters. The lowest BCUT2D eigenvalue weighted by molar-refractivity contribution is 0.102. The van der Waals surface area contributed by atoms with E-state index >= 15 is 0 Å². The van der Waals surface area contributed by atoms with Crippen LogP contribution in [0.3, 0.4) is 0 Å². The van der Waals surface area contributed by atoms with E-state index in [0.717, 1.165) is 10.0 Å². The lowest BCUT2D eigenvalue weighted by Crippen LogP contribution is -2.14. The van der Waals surface area contributed by atoms with E-state index < -0.39 is 0 Å². The van der Waals surface area contributed by atoms with E-state index in [-0.39, 0.29) is 12.7 Å². The number of aryl methyl sites for hydroxylation is 1. The van der Waals surface area contributed by atoms with Gasteiger partial charge in [-0.25, -0.2) is 4.98 Å². The Morgan fingerprint density at radius 3 is 2.75 bits per heavy atom. The molecule has 5 nitrogen and oxygen atoms in total. The molecule has 0 unspecified atom stereocenters. The summed E-state index contributed by atoms with van der Waals surface area (Å²) in [6.45, 7) is 2.04. The maximum atomic E-state index is 12.3. The Morgan fingerprint density at radius 2 is 2.05 bits per heavy atom. The second kappa shape index (κ2) is 5.13. The van der Waals surface area contributed by atoms with Gasteiger partial charge in [-0.15, -0.1) is 0 Å². The molecule has 0 radical (unpaired) electrons. The Bertz CT molecular complexity index is 671. The number of aromatic nitrogens is 1. The van der Waals surface area contributed by atoms with Gasteiger partial charge in [-0.3, -0.25) is 4.79 Å². The zero-order chi connectivity index (χ0) is 14.1. The van der Waals surface area contributed by atoms with Gasteiger partial charge in [0.25, 0.3) is 5.91 Å². The van der Waals surface area contributed by atoms with Gasteiger partial charge in [0.15, 0.2) is 11.5 Å². The molecule has 2 aromatic rings. The smallest absolute Gasteiger partial charge is 0.257 e. The number of benzene rings is 1. The number of pyridine rings is 1. The van der Waals surface area contributed by atoms with Gasteiger partial charge in [0, 0.05) is 16.2 Å². The minimum Gasteiger partial charge on any atom is -0.454 e. The van der Waals surface area contributed by atoms with Gasteiger partial charge in [-0.05, 0) is 52.7 Å². The largest absolute Gasteiger partial charge is 0.454 e. The summed E-state index contributed by atoms with van der Waals surface area (Å²) in [6, 6.07) is 7.03. The molecule has 1 aromatic carbocycles. The van der Waals surface area contributed by atoms with Crippen LogP contribution in [0.4, 0.5) is 5.82 Å². The molecule has 3 rings (SSSR count). The quantitative estimate of drug-likeness (QED) is 0.916. The summed E-state index contributed by atoms with van der Waals surface area (Å²) in [4.78, 5) is 16.4. The number of hydrogen-bond donors (Lipinski definition) is 1. The normalized spacial score (nSPS) is 12.3. The molecule has 1 amide bonds. The fraction of sp³-hybridized carbons (Fsp3) is 0.143. The van der Waals surface area contributed by atoms with Crippen molar-refractivity contribution in [3.63, 3.8) is 0 Å². The van der Waals surface area contributed by atoms with Gasteiger partial charge in [0.2, 0.25) is 6.79 Å². The molecular formula is C14H11BrN2O3. The molecule has 1 N–H and O–H groups in total. The zero-order valence-corrected chi connectivity index (χ0v) is 12.2. The van der Waals surface area contributed by atoms with Crippen molar-refractivity contribution >= 4 is 27.7 Å². The maximum Gasteiger partial charge on any atom is 0.257 e. The van der Waals surface area contributed by atoms with Crippen LogP contribution >= 0.6 is 15.9 Å². The van der Waals surface area contributed by atoms with Gasteiger partial charge >= 0.3 is 0 Å². The first-order valence-corrected chi connectivity index (χ1v) is 6.76. The average molecular weight is 335 g/mol. The Balaban J connectivity index is 1.85. The second-order valence-electron chi connectivity index (χ2n) is 4.34. The van der Waals surface area contributed by atoms with Crippen molar-refractivity contribution in [2.24, 2.45) is 0 Å². The van der Waals surface area contributed by atoms with Crippen LogP contribution in [-0.2, 0) is 0 Å². The Morgan fingerprint density at radius 1 is 1.30 bits per heavy atom.